The maximum absolute atomic E-state index is 12.4. The van der Waals surface area contributed by atoms with Crippen molar-refractivity contribution in [3.05, 3.63) is 51.3 Å². The average molecular weight is 393 g/mol. The third-order valence-corrected chi connectivity index (χ3v) is 5.85. The summed E-state index contributed by atoms with van der Waals surface area (Å²) in [5.41, 5.74) is 1.28. The number of thiazole rings is 1. The summed E-state index contributed by atoms with van der Waals surface area (Å²) in [6.45, 7) is 1.40. The molecular weight excluding hydrogens is 380 g/mol. The Labute approximate surface area is 157 Å². The molecule has 8 heteroatoms. The fourth-order valence-corrected chi connectivity index (χ4v) is 4.37. The molecule has 3 aromatic rings. The summed E-state index contributed by atoms with van der Waals surface area (Å²) in [5.74, 6) is 1.18. The number of nitrogens with one attached hydrogen (secondary N) is 1. The van der Waals surface area contributed by atoms with Crippen LogP contribution in [0.5, 0.6) is 11.5 Å². The van der Waals surface area contributed by atoms with E-state index >= 15 is 0 Å². The van der Waals surface area contributed by atoms with Crippen molar-refractivity contribution in [3.63, 3.8) is 0 Å². The molecule has 1 amide bonds. The number of hydrogen-bond donors (Lipinski definition) is 1. The van der Waals surface area contributed by atoms with Crippen molar-refractivity contribution in [1.82, 2.24) is 10.3 Å². The second-order valence-electron chi connectivity index (χ2n) is 5.27. The molecule has 0 bridgehead atoms. The van der Waals surface area contributed by atoms with Crippen LogP contribution in [0.25, 0.3) is 9.88 Å². The molecule has 0 spiro atoms. The molecule has 5 nitrogen and oxygen atoms in total. The van der Waals surface area contributed by atoms with E-state index in [0.29, 0.717) is 41.3 Å². The zero-order chi connectivity index (χ0) is 17.2. The van der Waals surface area contributed by atoms with E-state index in [1.807, 2.05) is 30.3 Å². The number of ether oxygens (including phenoxy) is 2. The van der Waals surface area contributed by atoms with Gasteiger partial charge in [-0.3, -0.25) is 4.79 Å². The number of nitrogens with zero attached hydrogens (tertiary/aromatic N) is 1. The Morgan fingerprint density at radius 3 is 2.96 bits per heavy atom. The van der Waals surface area contributed by atoms with Crippen LogP contribution in [-0.2, 0) is 6.54 Å². The smallest absolute Gasteiger partial charge is 0.271 e. The van der Waals surface area contributed by atoms with Gasteiger partial charge in [-0.2, -0.15) is 0 Å². The molecule has 0 unspecified atom stereocenters. The normalized spacial score (nSPS) is 12.8. The average Bonchev–Trinajstić information content (AvgIpc) is 3.28. The van der Waals surface area contributed by atoms with Gasteiger partial charge in [0.2, 0.25) is 0 Å². The van der Waals surface area contributed by atoms with Gasteiger partial charge in [-0.1, -0.05) is 23.7 Å². The molecule has 3 heterocycles. The van der Waals surface area contributed by atoms with Crippen molar-refractivity contribution in [1.29, 1.82) is 0 Å². The minimum absolute atomic E-state index is 0.223. The van der Waals surface area contributed by atoms with E-state index in [2.05, 4.69) is 10.3 Å². The maximum atomic E-state index is 12.4. The van der Waals surface area contributed by atoms with Crippen LogP contribution in [0.2, 0.25) is 4.34 Å². The van der Waals surface area contributed by atoms with Crippen molar-refractivity contribution in [2.24, 2.45) is 0 Å². The molecule has 4 rings (SSSR count). The lowest BCUT2D eigenvalue weighted by molar-refractivity contribution is 0.0945. The topological polar surface area (TPSA) is 60.5 Å². The first-order valence-electron chi connectivity index (χ1n) is 7.57. The van der Waals surface area contributed by atoms with Crippen LogP contribution in [-0.4, -0.2) is 24.1 Å². The molecule has 0 radical (unpaired) electrons. The molecule has 0 saturated carbocycles. The molecule has 0 atom stereocenters. The zero-order valence-corrected chi connectivity index (χ0v) is 15.3. The number of hydrogen-bond acceptors (Lipinski definition) is 6. The van der Waals surface area contributed by atoms with Gasteiger partial charge in [0.25, 0.3) is 5.91 Å². The van der Waals surface area contributed by atoms with Crippen molar-refractivity contribution >= 4 is 40.2 Å². The van der Waals surface area contributed by atoms with Gasteiger partial charge in [0, 0.05) is 17.5 Å². The Bertz CT molecular complexity index is 922. The van der Waals surface area contributed by atoms with Crippen LogP contribution in [0.15, 0.2) is 35.7 Å². The van der Waals surface area contributed by atoms with Crippen LogP contribution in [0, 0.1) is 0 Å². The van der Waals surface area contributed by atoms with E-state index in [1.54, 1.807) is 5.38 Å². The van der Waals surface area contributed by atoms with Gasteiger partial charge in [0.15, 0.2) is 11.5 Å². The Kier molecular flexibility index (Phi) is 4.61. The van der Waals surface area contributed by atoms with E-state index < -0.39 is 0 Å². The monoisotopic (exact) mass is 392 g/mol. The van der Waals surface area contributed by atoms with Crippen LogP contribution >= 0.6 is 34.3 Å². The predicted octanol–water partition coefficient (Wildman–Crippen LogP) is 4.23. The van der Waals surface area contributed by atoms with E-state index in [-0.39, 0.29) is 5.91 Å². The fraction of sp³-hybridized carbons (Fsp3) is 0.176. The number of thiophene rings is 1. The summed E-state index contributed by atoms with van der Waals surface area (Å²) >= 11 is 8.82. The minimum Gasteiger partial charge on any atom is -0.486 e. The lowest BCUT2D eigenvalue weighted by Crippen LogP contribution is -2.24. The second-order valence-corrected chi connectivity index (χ2v) is 7.84. The zero-order valence-electron chi connectivity index (χ0n) is 13.0. The second kappa shape index (κ2) is 7.03. The number of carbonyl (C=O) groups excluding carboxylic acids is 1. The van der Waals surface area contributed by atoms with Gasteiger partial charge >= 0.3 is 0 Å². The Morgan fingerprint density at radius 2 is 2.12 bits per heavy atom. The van der Waals surface area contributed by atoms with Gasteiger partial charge < -0.3 is 14.8 Å². The predicted molar refractivity (Wildman–Crippen MR) is 99.0 cm³/mol. The largest absolute Gasteiger partial charge is 0.486 e. The first-order chi connectivity index (χ1) is 12.2. The summed E-state index contributed by atoms with van der Waals surface area (Å²) in [5, 5.41) is 5.42. The molecular formula is C17H13ClN2O3S2. The molecule has 1 aliphatic heterocycles. The maximum Gasteiger partial charge on any atom is 0.271 e. The Balaban J connectivity index is 1.46. The van der Waals surface area contributed by atoms with Gasteiger partial charge in [-0.25, -0.2) is 4.98 Å². The molecule has 0 aliphatic carbocycles. The standard InChI is InChI=1S/C17H13ClN2O3S2/c18-14-5-4-13(25-14)17-20-11(9-24-17)16(21)19-8-10-2-1-3-12-15(10)23-7-6-22-12/h1-5,9H,6-8H2,(H,19,21). The lowest BCUT2D eigenvalue weighted by Gasteiger charge is -2.21. The summed E-state index contributed by atoms with van der Waals surface area (Å²) in [7, 11) is 0. The third kappa shape index (κ3) is 3.49. The number of halogens is 1. The molecule has 1 aromatic carbocycles. The van der Waals surface area contributed by atoms with Gasteiger partial charge in [0.1, 0.15) is 23.9 Å². The number of para-hydroxylation sites is 1. The highest BCUT2D eigenvalue weighted by atomic mass is 35.5. The number of carbonyl (C=O) groups is 1. The highest BCUT2D eigenvalue weighted by Gasteiger charge is 2.17. The molecule has 0 saturated heterocycles. The Hall–Kier alpha value is -2.09. The highest BCUT2D eigenvalue weighted by molar-refractivity contribution is 7.23. The third-order valence-electron chi connectivity index (χ3n) is 3.61. The molecule has 25 heavy (non-hydrogen) atoms. The summed E-state index contributed by atoms with van der Waals surface area (Å²) in [4.78, 5) is 17.7. The van der Waals surface area contributed by atoms with Crippen LogP contribution in [0.4, 0.5) is 0 Å². The minimum atomic E-state index is -0.223. The van der Waals surface area contributed by atoms with E-state index in [4.69, 9.17) is 21.1 Å². The number of benzene rings is 1. The van der Waals surface area contributed by atoms with Crippen LogP contribution in [0.3, 0.4) is 0 Å². The first kappa shape index (κ1) is 16.4. The number of rotatable bonds is 4. The highest BCUT2D eigenvalue weighted by Crippen LogP contribution is 2.34. The SMILES string of the molecule is O=C(NCc1cccc2c1OCCO2)c1csc(-c2ccc(Cl)s2)n1. The molecule has 128 valence electrons. The molecule has 0 fully saturated rings. The van der Waals surface area contributed by atoms with Crippen molar-refractivity contribution < 1.29 is 14.3 Å². The van der Waals surface area contributed by atoms with Crippen LogP contribution < -0.4 is 14.8 Å². The van der Waals surface area contributed by atoms with E-state index in [0.717, 1.165) is 15.4 Å². The summed E-state index contributed by atoms with van der Waals surface area (Å²) < 4.78 is 11.9. The quantitative estimate of drug-likeness (QED) is 0.721. The van der Waals surface area contributed by atoms with E-state index in [9.17, 15) is 4.79 Å². The molecule has 2 aromatic heterocycles. The van der Waals surface area contributed by atoms with Gasteiger partial charge in [-0.05, 0) is 18.2 Å². The van der Waals surface area contributed by atoms with Crippen molar-refractivity contribution in [3.8, 4) is 21.4 Å². The Morgan fingerprint density at radius 1 is 1.24 bits per heavy atom. The molecule has 1 N–H and O–H groups in total. The fourth-order valence-electron chi connectivity index (χ4n) is 2.46. The van der Waals surface area contributed by atoms with Crippen LogP contribution in [0.1, 0.15) is 16.1 Å². The first-order valence-corrected chi connectivity index (χ1v) is 9.65. The number of fused-ring (bicyclic) bond motifs is 1. The number of aromatic nitrogens is 1. The summed E-state index contributed by atoms with van der Waals surface area (Å²) in [6, 6.07) is 9.38. The van der Waals surface area contributed by atoms with Gasteiger partial charge in [-0.15, -0.1) is 22.7 Å². The van der Waals surface area contributed by atoms with Crippen molar-refractivity contribution in [2.75, 3.05) is 13.2 Å². The summed E-state index contributed by atoms with van der Waals surface area (Å²) in [6.07, 6.45) is 0. The van der Waals surface area contributed by atoms with Gasteiger partial charge in [0.05, 0.1) is 9.21 Å². The van der Waals surface area contributed by atoms with Crippen molar-refractivity contribution in [2.45, 2.75) is 6.54 Å². The lowest BCUT2D eigenvalue weighted by atomic mass is 10.1. The van der Waals surface area contributed by atoms with E-state index in [1.165, 1.54) is 22.7 Å². The number of amides is 1. The molecule has 1 aliphatic rings.